The Hall–Kier alpha value is -1.80. The molecule has 2 atom stereocenters. The zero-order valence-electron chi connectivity index (χ0n) is 15.3. The van der Waals surface area contributed by atoms with Crippen molar-refractivity contribution in [1.82, 2.24) is 19.5 Å². The standard InChI is InChI=1S/C18H19Cl3N6O/c1-9-8-28-4-3-13(9)23-17-22-7-14-16(26-17)27(2)18(24-14)25-15-11(20)5-10(19)6-12(15)21/h5-7,9,13H,3-4,8H2,1-2H3,(H,24,25)(H,22,23,26)/t9-,13+/m0/s1. The van der Waals surface area contributed by atoms with Gasteiger partial charge in [-0.15, -0.1) is 0 Å². The second-order valence-corrected chi connectivity index (χ2v) is 8.11. The summed E-state index contributed by atoms with van der Waals surface area (Å²) in [5, 5.41) is 7.86. The van der Waals surface area contributed by atoms with Gasteiger partial charge < -0.3 is 15.4 Å². The van der Waals surface area contributed by atoms with E-state index < -0.39 is 0 Å². The molecule has 0 unspecified atom stereocenters. The number of hydrogen-bond acceptors (Lipinski definition) is 6. The maximum absolute atomic E-state index is 6.27. The normalized spacial score (nSPS) is 19.8. The summed E-state index contributed by atoms with van der Waals surface area (Å²) in [4.78, 5) is 13.6. The topological polar surface area (TPSA) is 76.9 Å². The number of halogens is 3. The van der Waals surface area contributed by atoms with Crippen LogP contribution in [-0.2, 0) is 11.8 Å². The quantitative estimate of drug-likeness (QED) is 0.599. The van der Waals surface area contributed by atoms with Crippen LogP contribution < -0.4 is 10.6 Å². The number of nitrogens with zero attached hydrogens (tertiary/aromatic N) is 4. The fraction of sp³-hybridized carbons (Fsp3) is 0.389. The number of ether oxygens (including phenoxy) is 1. The number of imidazole rings is 1. The molecule has 0 amide bonds. The van der Waals surface area contributed by atoms with E-state index in [0.29, 0.717) is 49.7 Å². The fourth-order valence-corrected chi connectivity index (χ4v) is 4.11. The Bertz CT molecular complexity index is 1000. The van der Waals surface area contributed by atoms with Gasteiger partial charge in [0.05, 0.1) is 28.5 Å². The Labute approximate surface area is 177 Å². The number of hydrogen-bond donors (Lipinski definition) is 2. The van der Waals surface area contributed by atoms with E-state index in [4.69, 9.17) is 39.5 Å². The smallest absolute Gasteiger partial charge is 0.224 e. The van der Waals surface area contributed by atoms with E-state index in [1.165, 1.54) is 0 Å². The lowest BCUT2D eigenvalue weighted by Crippen LogP contribution is -2.36. The molecule has 0 spiro atoms. The van der Waals surface area contributed by atoms with E-state index in [0.717, 1.165) is 19.6 Å². The van der Waals surface area contributed by atoms with Crippen LogP contribution in [0.2, 0.25) is 15.1 Å². The van der Waals surface area contributed by atoms with Gasteiger partial charge in [0.2, 0.25) is 11.9 Å². The van der Waals surface area contributed by atoms with Gasteiger partial charge in [-0.2, -0.15) is 4.98 Å². The van der Waals surface area contributed by atoms with Crippen molar-refractivity contribution in [2.24, 2.45) is 13.0 Å². The SMILES string of the molecule is C[C@H]1COCC[C@H]1Nc1ncc2nc(Nc3c(Cl)cc(Cl)cc3Cl)n(C)c2n1. The minimum Gasteiger partial charge on any atom is -0.381 e. The first kappa shape index (κ1) is 19.5. The van der Waals surface area contributed by atoms with E-state index in [2.05, 4.69) is 32.5 Å². The van der Waals surface area contributed by atoms with E-state index in [-0.39, 0.29) is 6.04 Å². The Morgan fingerprint density at radius 1 is 1.18 bits per heavy atom. The lowest BCUT2D eigenvalue weighted by Gasteiger charge is -2.29. The largest absolute Gasteiger partial charge is 0.381 e. The average molecular weight is 442 g/mol. The van der Waals surface area contributed by atoms with Gasteiger partial charge in [0.25, 0.3) is 0 Å². The highest BCUT2D eigenvalue weighted by molar-refractivity contribution is 6.41. The molecule has 2 aromatic heterocycles. The van der Waals surface area contributed by atoms with E-state index >= 15 is 0 Å². The second-order valence-electron chi connectivity index (χ2n) is 6.86. The van der Waals surface area contributed by atoms with E-state index in [9.17, 15) is 0 Å². The third kappa shape index (κ3) is 3.85. The molecular formula is C18H19Cl3N6O. The van der Waals surface area contributed by atoms with Crippen LogP contribution in [0.5, 0.6) is 0 Å². The van der Waals surface area contributed by atoms with Crippen LogP contribution in [-0.4, -0.2) is 38.8 Å². The van der Waals surface area contributed by atoms with Crippen molar-refractivity contribution < 1.29 is 4.74 Å². The van der Waals surface area contributed by atoms with Gasteiger partial charge in [0, 0.05) is 24.7 Å². The van der Waals surface area contributed by atoms with E-state index in [1.54, 1.807) is 18.3 Å². The Morgan fingerprint density at radius 2 is 1.93 bits per heavy atom. The molecule has 1 aliphatic heterocycles. The number of aromatic nitrogens is 4. The van der Waals surface area contributed by atoms with Crippen LogP contribution in [0.4, 0.5) is 17.6 Å². The number of benzene rings is 1. The average Bonchev–Trinajstić information content (AvgIpc) is 2.96. The third-order valence-corrected chi connectivity index (χ3v) is 5.63. The Balaban J connectivity index is 1.62. The molecule has 0 radical (unpaired) electrons. The minimum atomic E-state index is 0.281. The molecule has 1 fully saturated rings. The number of rotatable bonds is 4. The molecule has 3 heterocycles. The fourth-order valence-electron chi connectivity index (χ4n) is 3.20. The molecule has 0 saturated carbocycles. The molecule has 3 aromatic rings. The highest BCUT2D eigenvalue weighted by Crippen LogP contribution is 2.35. The summed E-state index contributed by atoms with van der Waals surface area (Å²) >= 11 is 18.5. The van der Waals surface area contributed by atoms with E-state index in [1.807, 2.05) is 11.6 Å². The molecular weight excluding hydrogens is 423 g/mol. The van der Waals surface area contributed by atoms with Gasteiger partial charge >= 0.3 is 0 Å². The summed E-state index contributed by atoms with van der Waals surface area (Å²) < 4.78 is 7.32. The predicted octanol–water partition coefficient (Wildman–Crippen LogP) is 4.90. The molecule has 0 bridgehead atoms. The zero-order valence-corrected chi connectivity index (χ0v) is 17.6. The lowest BCUT2D eigenvalue weighted by molar-refractivity contribution is 0.0536. The van der Waals surface area contributed by atoms with Crippen LogP contribution in [0.1, 0.15) is 13.3 Å². The maximum Gasteiger partial charge on any atom is 0.224 e. The molecule has 148 valence electrons. The summed E-state index contributed by atoms with van der Waals surface area (Å²) in [6, 6.07) is 3.52. The number of fused-ring (bicyclic) bond motifs is 1. The van der Waals surface area contributed by atoms with Crippen molar-refractivity contribution in [1.29, 1.82) is 0 Å². The summed E-state index contributed by atoms with van der Waals surface area (Å²) in [5.41, 5.74) is 1.89. The van der Waals surface area contributed by atoms with Crippen LogP contribution in [0, 0.1) is 5.92 Å². The first-order valence-electron chi connectivity index (χ1n) is 8.87. The molecule has 0 aliphatic carbocycles. The van der Waals surface area contributed by atoms with Crippen molar-refractivity contribution in [3.8, 4) is 0 Å². The highest BCUT2D eigenvalue weighted by Gasteiger charge is 2.23. The molecule has 2 N–H and O–H groups in total. The van der Waals surface area contributed by atoms with Crippen molar-refractivity contribution in [3.63, 3.8) is 0 Å². The highest BCUT2D eigenvalue weighted by atomic mass is 35.5. The van der Waals surface area contributed by atoms with Gasteiger partial charge in [-0.25, -0.2) is 9.97 Å². The summed E-state index contributed by atoms with van der Waals surface area (Å²) in [6.07, 6.45) is 2.62. The maximum atomic E-state index is 6.27. The molecule has 4 rings (SSSR count). The monoisotopic (exact) mass is 440 g/mol. The van der Waals surface area contributed by atoms with Crippen molar-refractivity contribution in [2.45, 2.75) is 19.4 Å². The molecule has 1 aromatic carbocycles. The van der Waals surface area contributed by atoms with Gasteiger partial charge in [-0.3, -0.25) is 4.57 Å². The van der Waals surface area contributed by atoms with Gasteiger partial charge in [-0.05, 0) is 24.5 Å². The van der Waals surface area contributed by atoms with Crippen LogP contribution in [0.3, 0.4) is 0 Å². The van der Waals surface area contributed by atoms with Gasteiger partial charge in [0.15, 0.2) is 5.65 Å². The summed E-state index contributed by atoms with van der Waals surface area (Å²) in [6.45, 7) is 3.63. The second kappa shape index (κ2) is 7.91. The molecule has 28 heavy (non-hydrogen) atoms. The number of nitrogens with one attached hydrogen (secondary N) is 2. The molecule has 10 heteroatoms. The Kier molecular flexibility index (Phi) is 5.51. The first-order valence-corrected chi connectivity index (χ1v) is 10.0. The molecule has 1 aliphatic rings. The van der Waals surface area contributed by atoms with Crippen molar-refractivity contribution in [3.05, 3.63) is 33.4 Å². The van der Waals surface area contributed by atoms with Crippen molar-refractivity contribution >= 4 is 63.6 Å². The zero-order chi connectivity index (χ0) is 19.8. The summed E-state index contributed by atoms with van der Waals surface area (Å²) in [5.74, 6) is 1.52. The minimum absolute atomic E-state index is 0.281. The molecule has 7 nitrogen and oxygen atoms in total. The van der Waals surface area contributed by atoms with Gasteiger partial charge in [0.1, 0.15) is 5.52 Å². The molecule has 1 saturated heterocycles. The van der Waals surface area contributed by atoms with Crippen LogP contribution >= 0.6 is 34.8 Å². The van der Waals surface area contributed by atoms with Crippen molar-refractivity contribution in [2.75, 3.05) is 23.8 Å². The number of aryl methyl sites for hydroxylation is 1. The van der Waals surface area contributed by atoms with Crippen LogP contribution in [0.25, 0.3) is 11.2 Å². The predicted molar refractivity (Wildman–Crippen MR) is 113 cm³/mol. The first-order chi connectivity index (χ1) is 13.4. The lowest BCUT2D eigenvalue weighted by atomic mass is 9.98. The van der Waals surface area contributed by atoms with Gasteiger partial charge in [-0.1, -0.05) is 41.7 Å². The summed E-state index contributed by atoms with van der Waals surface area (Å²) in [7, 11) is 1.86. The van der Waals surface area contributed by atoms with Crippen LogP contribution in [0.15, 0.2) is 18.3 Å². The number of anilines is 3. The Morgan fingerprint density at radius 3 is 2.64 bits per heavy atom. The third-order valence-electron chi connectivity index (χ3n) is 4.81.